The molecule has 0 atom stereocenters. The lowest BCUT2D eigenvalue weighted by Crippen LogP contribution is -2.15. The first kappa shape index (κ1) is 15.2. The number of fused-ring (bicyclic) bond motifs is 1. The van der Waals surface area contributed by atoms with E-state index < -0.39 is 0 Å². The number of methoxy groups -OCH3 is 1. The minimum atomic E-state index is -0.0255. The Balaban J connectivity index is 1.81. The molecule has 0 radical (unpaired) electrons. The molecule has 4 nitrogen and oxygen atoms in total. The first-order chi connectivity index (χ1) is 11.1. The van der Waals surface area contributed by atoms with Crippen LogP contribution in [0.5, 0.6) is 5.75 Å². The standard InChI is InChI=1S/C19H20N2O2/c1-12-5-4-6-17(13(12)2)21-19(22)9-14-11-20-18-8-7-15(23-3)10-16(14)18/h4-8,10-11,20H,9H2,1-3H3,(H,21,22). The van der Waals surface area contributed by atoms with Crippen LogP contribution in [0.25, 0.3) is 10.9 Å². The summed E-state index contributed by atoms with van der Waals surface area (Å²) in [6.45, 7) is 4.05. The fourth-order valence-corrected chi connectivity index (χ4v) is 2.68. The number of aryl methyl sites for hydroxylation is 1. The maximum atomic E-state index is 12.4. The van der Waals surface area contributed by atoms with Gasteiger partial charge in [-0.2, -0.15) is 0 Å². The molecular formula is C19H20N2O2. The number of carbonyl (C=O) groups excluding carboxylic acids is 1. The summed E-state index contributed by atoms with van der Waals surface area (Å²) in [6.07, 6.45) is 2.20. The summed E-state index contributed by atoms with van der Waals surface area (Å²) in [4.78, 5) is 15.6. The number of ether oxygens (including phenoxy) is 1. The second-order valence-corrected chi connectivity index (χ2v) is 5.70. The van der Waals surface area contributed by atoms with Gasteiger partial charge in [-0.25, -0.2) is 0 Å². The van der Waals surface area contributed by atoms with Gasteiger partial charge in [0.25, 0.3) is 0 Å². The van der Waals surface area contributed by atoms with Crippen molar-refractivity contribution in [2.75, 3.05) is 12.4 Å². The number of amides is 1. The highest BCUT2D eigenvalue weighted by atomic mass is 16.5. The molecule has 0 bridgehead atoms. The quantitative estimate of drug-likeness (QED) is 0.766. The fraction of sp³-hybridized carbons (Fsp3) is 0.211. The molecule has 3 aromatic rings. The van der Waals surface area contributed by atoms with Crippen molar-refractivity contribution in [1.29, 1.82) is 0 Å². The average molecular weight is 308 g/mol. The summed E-state index contributed by atoms with van der Waals surface area (Å²) in [6, 6.07) is 11.7. The zero-order valence-electron chi connectivity index (χ0n) is 13.6. The number of aromatic nitrogens is 1. The Morgan fingerprint density at radius 1 is 1.22 bits per heavy atom. The molecular weight excluding hydrogens is 288 g/mol. The van der Waals surface area contributed by atoms with E-state index in [1.165, 1.54) is 5.56 Å². The number of hydrogen-bond acceptors (Lipinski definition) is 2. The fourth-order valence-electron chi connectivity index (χ4n) is 2.68. The highest BCUT2D eigenvalue weighted by molar-refractivity contribution is 5.96. The third-order valence-corrected chi connectivity index (χ3v) is 4.20. The third-order valence-electron chi connectivity index (χ3n) is 4.20. The van der Waals surface area contributed by atoms with E-state index in [4.69, 9.17) is 4.74 Å². The van der Waals surface area contributed by atoms with E-state index in [9.17, 15) is 4.79 Å². The van der Waals surface area contributed by atoms with Crippen LogP contribution in [0.1, 0.15) is 16.7 Å². The molecule has 4 heteroatoms. The van der Waals surface area contributed by atoms with E-state index in [0.29, 0.717) is 6.42 Å². The van der Waals surface area contributed by atoms with Crippen molar-refractivity contribution in [3.8, 4) is 5.75 Å². The van der Waals surface area contributed by atoms with Crippen LogP contribution in [0.3, 0.4) is 0 Å². The zero-order chi connectivity index (χ0) is 16.4. The van der Waals surface area contributed by atoms with E-state index in [1.54, 1.807) is 7.11 Å². The van der Waals surface area contributed by atoms with Crippen molar-refractivity contribution in [3.63, 3.8) is 0 Å². The van der Waals surface area contributed by atoms with Gasteiger partial charge in [-0.15, -0.1) is 0 Å². The first-order valence-corrected chi connectivity index (χ1v) is 7.58. The maximum absolute atomic E-state index is 12.4. The number of benzene rings is 2. The topological polar surface area (TPSA) is 54.1 Å². The Morgan fingerprint density at radius 2 is 2.04 bits per heavy atom. The van der Waals surface area contributed by atoms with Crippen LogP contribution in [-0.4, -0.2) is 18.0 Å². The smallest absolute Gasteiger partial charge is 0.228 e. The monoisotopic (exact) mass is 308 g/mol. The minimum Gasteiger partial charge on any atom is -0.497 e. The number of anilines is 1. The maximum Gasteiger partial charge on any atom is 0.228 e. The summed E-state index contributed by atoms with van der Waals surface area (Å²) in [7, 11) is 1.64. The van der Waals surface area contributed by atoms with Gasteiger partial charge in [0.15, 0.2) is 0 Å². The van der Waals surface area contributed by atoms with Gasteiger partial charge in [0.2, 0.25) is 5.91 Å². The molecule has 118 valence electrons. The number of hydrogen-bond donors (Lipinski definition) is 2. The van der Waals surface area contributed by atoms with Gasteiger partial charge in [0, 0.05) is 22.8 Å². The van der Waals surface area contributed by atoms with Gasteiger partial charge in [0.05, 0.1) is 13.5 Å². The van der Waals surface area contributed by atoms with Crippen molar-refractivity contribution < 1.29 is 9.53 Å². The molecule has 1 amide bonds. The number of carbonyl (C=O) groups is 1. The molecule has 0 fully saturated rings. The van der Waals surface area contributed by atoms with E-state index in [0.717, 1.165) is 33.5 Å². The van der Waals surface area contributed by atoms with Crippen molar-refractivity contribution in [3.05, 3.63) is 59.3 Å². The molecule has 2 N–H and O–H groups in total. The highest BCUT2D eigenvalue weighted by Gasteiger charge is 2.11. The largest absolute Gasteiger partial charge is 0.497 e. The Morgan fingerprint density at radius 3 is 2.83 bits per heavy atom. The van der Waals surface area contributed by atoms with Crippen LogP contribution in [-0.2, 0) is 11.2 Å². The van der Waals surface area contributed by atoms with Gasteiger partial charge in [-0.05, 0) is 54.8 Å². The molecule has 2 aromatic carbocycles. The lowest BCUT2D eigenvalue weighted by atomic mass is 10.1. The lowest BCUT2D eigenvalue weighted by molar-refractivity contribution is -0.115. The molecule has 23 heavy (non-hydrogen) atoms. The molecule has 0 spiro atoms. The molecule has 3 rings (SSSR count). The van der Waals surface area contributed by atoms with Crippen molar-refractivity contribution in [2.24, 2.45) is 0 Å². The van der Waals surface area contributed by atoms with Crippen molar-refractivity contribution >= 4 is 22.5 Å². The Labute approximate surface area is 135 Å². The number of aromatic amines is 1. The Bertz CT molecular complexity index is 865. The van der Waals surface area contributed by atoms with E-state index in [1.807, 2.05) is 56.4 Å². The van der Waals surface area contributed by atoms with Crippen LogP contribution in [0.4, 0.5) is 5.69 Å². The van der Waals surface area contributed by atoms with Crippen molar-refractivity contribution in [1.82, 2.24) is 4.98 Å². The van der Waals surface area contributed by atoms with Gasteiger partial charge < -0.3 is 15.0 Å². The van der Waals surface area contributed by atoms with E-state index in [2.05, 4.69) is 10.3 Å². The number of rotatable bonds is 4. The predicted molar refractivity (Wildman–Crippen MR) is 93.1 cm³/mol. The molecule has 0 saturated carbocycles. The van der Waals surface area contributed by atoms with Gasteiger partial charge in [0.1, 0.15) is 5.75 Å². The highest BCUT2D eigenvalue weighted by Crippen LogP contribution is 2.24. The number of nitrogens with one attached hydrogen (secondary N) is 2. The predicted octanol–water partition coefficient (Wildman–Crippen LogP) is 3.97. The summed E-state index contributed by atoms with van der Waals surface area (Å²) in [5.41, 5.74) is 5.09. The second kappa shape index (κ2) is 6.16. The van der Waals surface area contributed by atoms with Crippen LogP contribution in [0.15, 0.2) is 42.6 Å². The molecule has 0 aliphatic rings. The average Bonchev–Trinajstić information content (AvgIpc) is 2.94. The first-order valence-electron chi connectivity index (χ1n) is 7.58. The van der Waals surface area contributed by atoms with Crippen LogP contribution in [0.2, 0.25) is 0 Å². The van der Waals surface area contributed by atoms with Crippen LogP contribution in [0, 0.1) is 13.8 Å². The van der Waals surface area contributed by atoms with Crippen molar-refractivity contribution in [2.45, 2.75) is 20.3 Å². The molecule has 1 aromatic heterocycles. The summed E-state index contributed by atoms with van der Waals surface area (Å²) in [5.74, 6) is 0.760. The van der Waals surface area contributed by atoms with E-state index in [-0.39, 0.29) is 5.91 Å². The Hall–Kier alpha value is -2.75. The summed E-state index contributed by atoms with van der Waals surface area (Å²) < 4.78 is 5.26. The van der Waals surface area contributed by atoms with Crippen LogP contribution < -0.4 is 10.1 Å². The SMILES string of the molecule is COc1ccc2[nH]cc(CC(=O)Nc3cccc(C)c3C)c2c1. The molecule has 1 heterocycles. The zero-order valence-corrected chi connectivity index (χ0v) is 13.6. The molecule has 0 saturated heterocycles. The second-order valence-electron chi connectivity index (χ2n) is 5.70. The minimum absolute atomic E-state index is 0.0255. The molecule has 0 unspecified atom stereocenters. The van der Waals surface area contributed by atoms with Gasteiger partial charge in [-0.1, -0.05) is 12.1 Å². The normalized spacial score (nSPS) is 10.7. The molecule has 0 aliphatic heterocycles. The third kappa shape index (κ3) is 3.06. The molecule has 0 aliphatic carbocycles. The van der Waals surface area contributed by atoms with E-state index >= 15 is 0 Å². The van der Waals surface area contributed by atoms with Crippen LogP contribution >= 0.6 is 0 Å². The van der Waals surface area contributed by atoms with Gasteiger partial charge in [-0.3, -0.25) is 4.79 Å². The lowest BCUT2D eigenvalue weighted by Gasteiger charge is -2.10. The summed E-state index contributed by atoms with van der Waals surface area (Å²) in [5, 5.41) is 4.01. The number of H-pyrrole nitrogens is 1. The summed E-state index contributed by atoms with van der Waals surface area (Å²) >= 11 is 0. The van der Waals surface area contributed by atoms with Gasteiger partial charge >= 0.3 is 0 Å². The Kier molecular flexibility index (Phi) is 4.06.